The van der Waals surface area contributed by atoms with Crippen molar-refractivity contribution in [2.45, 2.75) is 25.3 Å². The van der Waals surface area contributed by atoms with Crippen molar-refractivity contribution in [2.75, 3.05) is 13.1 Å². The molecule has 0 saturated heterocycles. The van der Waals surface area contributed by atoms with Crippen LogP contribution in [0.5, 0.6) is 23.0 Å². The minimum absolute atomic E-state index is 0.0175. The first kappa shape index (κ1) is 14.2. The molecule has 0 aliphatic carbocycles. The highest BCUT2D eigenvalue weighted by atomic mass is 16.3. The molecule has 0 bridgehead atoms. The monoisotopic (exact) mass is 313 g/mol. The van der Waals surface area contributed by atoms with Crippen molar-refractivity contribution in [2.24, 2.45) is 0 Å². The average Bonchev–Trinajstić information content (AvgIpc) is 2.72. The zero-order valence-corrected chi connectivity index (χ0v) is 12.7. The van der Waals surface area contributed by atoms with Crippen LogP contribution in [0.3, 0.4) is 0 Å². The van der Waals surface area contributed by atoms with Crippen LogP contribution in [0, 0.1) is 0 Å². The summed E-state index contributed by atoms with van der Waals surface area (Å²) in [6.45, 7) is 1.67. The van der Waals surface area contributed by atoms with E-state index in [1.807, 2.05) is 6.07 Å². The Labute approximate surface area is 134 Å². The molecule has 0 amide bonds. The standard InChI is InChI=1S/C18H19NO4/c20-15-2-1-10-7-14-13-9-17(22)16(21)8-11(13)3-5-19(14)6-4-12(10)18(15)23/h1-2,8-9,14,20-23H,3-7H2. The van der Waals surface area contributed by atoms with Gasteiger partial charge in [0.05, 0.1) is 0 Å². The zero-order chi connectivity index (χ0) is 16.1. The first-order chi connectivity index (χ1) is 11.0. The van der Waals surface area contributed by atoms with Crippen LogP contribution >= 0.6 is 0 Å². The summed E-state index contributed by atoms with van der Waals surface area (Å²) < 4.78 is 0. The van der Waals surface area contributed by atoms with Crippen LogP contribution < -0.4 is 0 Å². The number of phenolic OH excluding ortho intramolecular Hbond substituents is 4. The van der Waals surface area contributed by atoms with Gasteiger partial charge in [-0.25, -0.2) is 0 Å². The number of phenols is 4. The van der Waals surface area contributed by atoms with E-state index in [1.54, 1.807) is 12.1 Å². The largest absolute Gasteiger partial charge is 0.504 e. The van der Waals surface area contributed by atoms with Gasteiger partial charge in [0.25, 0.3) is 0 Å². The molecule has 2 aliphatic rings. The highest BCUT2D eigenvalue weighted by molar-refractivity contribution is 5.52. The summed E-state index contributed by atoms with van der Waals surface area (Å²) in [5.41, 5.74) is 3.93. The first-order valence-electron chi connectivity index (χ1n) is 7.86. The van der Waals surface area contributed by atoms with Gasteiger partial charge < -0.3 is 20.4 Å². The van der Waals surface area contributed by atoms with Crippen molar-refractivity contribution < 1.29 is 20.4 Å². The second kappa shape index (κ2) is 5.06. The van der Waals surface area contributed by atoms with Gasteiger partial charge in [0.2, 0.25) is 0 Å². The lowest BCUT2D eigenvalue weighted by atomic mass is 9.88. The quantitative estimate of drug-likeness (QED) is 0.560. The van der Waals surface area contributed by atoms with E-state index in [4.69, 9.17) is 0 Å². The summed E-state index contributed by atoms with van der Waals surface area (Å²) in [4.78, 5) is 2.34. The number of fused-ring (bicyclic) bond motifs is 4. The Morgan fingerprint density at radius 1 is 0.826 bits per heavy atom. The van der Waals surface area contributed by atoms with Gasteiger partial charge in [0.1, 0.15) is 0 Å². The Hall–Kier alpha value is -2.40. The number of benzene rings is 2. The van der Waals surface area contributed by atoms with E-state index in [-0.39, 0.29) is 29.0 Å². The Morgan fingerprint density at radius 2 is 1.57 bits per heavy atom. The maximum absolute atomic E-state index is 10.1. The number of hydrogen-bond acceptors (Lipinski definition) is 5. The van der Waals surface area contributed by atoms with Crippen LogP contribution in [-0.2, 0) is 19.3 Å². The third-order valence-corrected chi connectivity index (χ3v) is 5.13. The van der Waals surface area contributed by atoms with Crippen LogP contribution in [-0.4, -0.2) is 38.4 Å². The second-order valence-electron chi connectivity index (χ2n) is 6.37. The third-order valence-electron chi connectivity index (χ3n) is 5.13. The lowest BCUT2D eigenvalue weighted by Gasteiger charge is -2.36. The van der Waals surface area contributed by atoms with Gasteiger partial charge in [-0.2, -0.15) is 0 Å². The number of rotatable bonds is 0. The molecule has 5 heteroatoms. The molecule has 2 heterocycles. The molecule has 2 aromatic carbocycles. The van der Waals surface area contributed by atoms with Gasteiger partial charge in [-0.1, -0.05) is 6.07 Å². The van der Waals surface area contributed by atoms with E-state index < -0.39 is 0 Å². The minimum atomic E-state index is -0.0939. The number of nitrogens with zero attached hydrogens (tertiary/aromatic N) is 1. The third kappa shape index (κ3) is 2.19. The van der Waals surface area contributed by atoms with Gasteiger partial charge >= 0.3 is 0 Å². The highest BCUT2D eigenvalue weighted by Crippen LogP contribution is 2.42. The smallest absolute Gasteiger partial charge is 0.160 e. The van der Waals surface area contributed by atoms with E-state index in [1.165, 1.54) is 6.07 Å². The lowest BCUT2D eigenvalue weighted by Crippen LogP contribution is -2.36. The van der Waals surface area contributed by atoms with Crippen molar-refractivity contribution in [3.05, 3.63) is 46.5 Å². The molecule has 0 fully saturated rings. The van der Waals surface area contributed by atoms with E-state index in [9.17, 15) is 20.4 Å². The van der Waals surface area contributed by atoms with E-state index in [0.717, 1.165) is 41.8 Å². The highest BCUT2D eigenvalue weighted by Gasteiger charge is 2.32. The molecule has 4 rings (SSSR count). The van der Waals surface area contributed by atoms with E-state index in [0.29, 0.717) is 12.8 Å². The normalized spacial score (nSPS) is 20.3. The van der Waals surface area contributed by atoms with Crippen LogP contribution in [0.15, 0.2) is 24.3 Å². The summed E-state index contributed by atoms with van der Waals surface area (Å²) >= 11 is 0. The fraction of sp³-hybridized carbons (Fsp3) is 0.333. The van der Waals surface area contributed by atoms with Crippen LogP contribution in [0.2, 0.25) is 0 Å². The summed E-state index contributed by atoms with van der Waals surface area (Å²) in [6.07, 6.45) is 2.22. The van der Waals surface area contributed by atoms with Crippen molar-refractivity contribution in [3.63, 3.8) is 0 Å². The molecule has 2 aromatic rings. The van der Waals surface area contributed by atoms with E-state index >= 15 is 0 Å². The van der Waals surface area contributed by atoms with E-state index in [2.05, 4.69) is 4.90 Å². The van der Waals surface area contributed by atoms with Gasteiger partial charge in [-0.05, 0) is 54.2 Å². The molecule has 0 spiro atoms. The van der Waals surface area contributed by atoms with Gasteiger partial charge in [-0.3, -0.25) is 4.90 Å². The van der Waals surface area contributed by atoms with Gasteiger partial charge in [0, 0.05) is 24.7 Å². The van der Waals surface area contributed by atoms with Gasteiger partial charge in [0.15, 0.2) is 23.0 Å². The number of hydrogen-bond donors (Lipinski definition) is 4. The molecule has 2 aliphatic heterocycles. The van der Waals surface area contributed by atoms with Crippen LogP contribution in [0.4, 0.5) is 0 Å². The molecular formula is C18H19NO4. The predicted octanol–water partition coefficient (Wildman–Crippen LogP) is 2.21. The molecule has 0 aromatic heterocycles. The van der Waals surface area contributed by atoms with Crippen molar-refractivity contribution >= 4 is 0 Å². The SMILES string of the molecule is Oc1cc2c(cc1O)C1Cc3ccc(O)c(O)c3CCN1CC2. The van der Waals surface area contributed by atoms with Crippen LogP contribution in [0.1, 0.15) is 28.3 Å². The van der Waals surface area contributed by atoms with Crippen LogP contribution in [0.25, 0.3) is 0 Å². The van der Waals surface area contributed by atoms with Gasteiger partial charge in [-0.15, -0.1) is 0 Å². The first-order valence-corrected chi connectivity index (χ1v) is 7.86. The molecule has 0 saturated carbocycles. The Morgan fingerprint density at radius 3 is 2.39 bits per heavy atom. The molecular weight excluding hydrogens is 294 g/mol. The zero-order valence-electron chi connectivity index (χ0n) is 12.7. The molecule has 5 nitrogen and oxygen atoms in total. The minimum Gasteiger partial charge on any atom is -0.504 e. The summed E-state index contributed by atoms with van der Waals surface area (Å²) in [5, 5.41) is 39.5. The number of aromatic hydroxyl groups is 4. The lowest BCUT2D eigenvalue weighted by molar-refractivity contribution is 0.191. The fourth-order valence-corrected chi connectivity index (χ4v) is 3.89. The maximum Gasteiger partial charge on any atom is 0.160 e. The molecule has 0 radical (unpaired) electrons. The molecule has 1 atom stereocenters. The Balaban J connectivity index is 1.80. The second-order valence-corrected chi connectivity index (χ2v) is 6.37. The Bertz CT molecular complexity index is 787. The average molecular weight is 313 g/mol. The molecule has 120 valence electrons. The van der Waals surface area contributed by atoms with Crippen molar-refractivity contribution in [1.29, 1.82) is 0 Å². The predicted molar refractivity (Wildman–Crippen MR) is 85.0 cm³/mol. The fourth-order valence-electron chi connectivity index (χ4n) is 3.89. The summed E-state index contributed by atoms with van der Waals surface area (Å²) in [6, 6.07) is 6.81. The molecule has 23 heavy (non-hydrogen) atoms. The molecule has 1 unspecified atom stereocenters. The molecule has 4 N–H and O–H groups in total. The van der Waals surface area contributed by atoms with Crippen molar-refractivity contribution in [3.8, 4) is 23.0 Å². The summed E-state index contributed by atoms with van der Waals surface area (Å²) in [5.74, 6) is -0.264. The Kier molecular flexibility index (Phi) is 3.13. The maximum atomic E-state index is 10.1. The van der Waals surface area contributed by atoms with Crippen molar-refractivity contribution in [1.82, 2.24) is 4.90 Å². The topological polar surface area (TPSA) is 84.2 Å². The summed E-state index contributed by atoms with van der Waals surface area (Å²) in [7, 11) is 0.